The largest absolute Gasteiger partial charge is 0.340 e. The number of aromatic amines is 1. The van der Waals surface area contributed by atoms with Crippen LogP contribution >= 0.6 is 0 Å². The number of hydrogen-bond donors (Lipinski definition) is 2. The molecule has 0 spiro atoms. The van der Waals surface area contributed by atoms with Crippen LogP contribution in [-0.4, -0.2) is 41.1 Å². The Morgan fingerprint density at radius 3 is 2.95 bits per heavy atom. The van der Waals surface area contributed by atoms with E-state index in [4.69, 9.17) is 0 Å². The molecule has 0 radical (unpaired) electrons. The SMILES string of the molecule is CN(CC1CCCCC1)C(=O)c1n[nH]c2c1CNCC2. The smallest absolute Gasteiger partial charge is 0.274 e. The van der Waals surface area contributed by atoms with Crippen molar-refractivity contribution in [1.29, 1.82) is 0 Å². The Kier molecular flexibility index (Phi) is 4.05. The predicted octanol–water partition coefficient (Wildman–Crippen LogP) is 1.71. The zero-order valence-electron chi connectivity index (χ0n) is 12.2. The van der Waals surface area contributed by atoms with E-state index in [9.17, 15) is 4.79 Å². The van der Waals surface area contributed by atoms with E-state index in [0.29, 0.717) is 11.6 Å². The highest BCUT2D eigenvalue weighted by Crippen LogP contribution is 2.25. The zero-order chi connectivity index (χ0) is 13.9. The van der Waals surface area contributed by atoms with Crippen molar-refractivity contribution in [2.45, 2.75) is 45.1 Å². The Balaban J connectivity index is 1.66. The van der Waals surface area contributed by atoms with Gasteiger partial charge in [0, 0.05) is 44.4 Å². The molecule has 2 N–H and O–H groups in total. The van der Waals surface area contributed by atoms with E-state index in [0.717, 1.165) is 37.3 Å². The summed E-state index contributed by atoms with van der Waals surface area (Å²) in [7, 11) is 1.91. The average molecular weight is 276 g/mol. The van der Waals surface area contributed by atoms with Crippen molar-refractivity contribution in [3.8, 4) is 0 Å². The first-order chi connectivity index (χ1) is 9.75. The fourth-order valence-corrected chi connectivity index (χ4v) is 3.42. The second-order valence-electron chi connectivity index (χ2n) is 6.15. The Hall–Kier alpha value is -1.36. The minimum Gasteiger partial charge on any atom is -0.340 e. The summed E-state index contributed by atoms with van der Waals surface area (Å²) in [5, 5.41) is 10.6. The summed E-state index contributed by atoms with van der Waals surface area (Å²) in [5.41, 5.74) is 2.81. The monoisotopic (exact) mass is 276 g/mol. The van der Waals surface area contributed by atoms with Gasteiger partial charge in [-0.1, -0.05) is 19.3 Å². The fourth-order valence-electron chi connectivity index (χ4n) is 3.42. The van der Waals surface area contributed by atoms with Gasteiger partial charge < -0.3 is 10.2 Å². The molecule has 1 amide bonds. The Morgan fingerprint density at radius 1 is 1.35 bits per heavy atom. The van der Waals surface area contributed by atoms with E-state index in [1.165, 1.54) is 32.1 Å². The van der Waals surface area contributed by atoms with Gasteiger partial charge in [-0.25, -0.2) is 0 Å². The van der Waals surface area contributed by atoms with Gasteiger partial charge >= 0.3 is 0 Å². The molecule has 0 bridgehead atoms. The molecule has 1 aliphatic heterocycles. The van der Waals surface area contributed by atoms with Gasteiger partial charge in [0.25, 0.3) is 5.91 Å². The van der Waals surface area contributed by atoms with Crippen LogP contribution in [0.3, 0.4) is 0 Å². The molecule has 20 heavy (non-hydrogen) atoms. The van der Waals surface area contributed by atoms with Crippen molar-refractivity contribution >= 4 is 5.91 Å². The van der Waals surface area contributed by atoms with Crippen LogP contribution in [0.1, 0.15) is 53.8 Å². The number of hydrogen-bond acceptors (Lipinski definition) is 3. The van der Waals surface area contributed by atoms with Gasteiger partial charge in [-0.2, -0.15) is 5.10 Å². The second kappa shape index (κ2) is 5.95. The average Bonchev–Trinajstić information content (AvgIpc) is 2.91. The zero-order valence-corrected chi connectivity index (χ0v) is 12.2. The van der Waals surface area contributed by atoms with Crippen LogP contribution in [0.25, 0.3) is 0 Å². The number of aromatic nitrogens is 2. The van der Waals surface area contributed by atoms with E-state index in [1.54, 1.807) is 0 Å². The predicted molar refractivity (Wildman–Crippen MR) is 77.5 cm³/mol. The molecule has 0 saturated heterocycles. The van der Waals surface area contributed by atoms with Gasteiger partial charge in [-0.15, -0.1) is 0 Å². The summed E-state index contributed by atoms with van der Waals surface area (Å²) < 4.78 is 0. The third-order valence-corrected chi connectivity index (χ3v) is 4.61. The molecule has 0 aromatic carbocycles. The van der Waals surface area contributed by atoms with Crippen LogP contribution in [0.5, 0.6) is 0 Å². The molecule has 1 saturated carbocycles. The minimum atomic E-state index is 0.0665. The molecule has 1 fully saturated rings. The van der Waals surface area contributed by atoms with Gasteiger partial charge in [0.15, 0.2) is 5.69 Å². The number of rotatable bonds is 3. The maximum Gasteiger partial charge on any atom is 0.274 e. The van der Waals surface area contributed by atoms with Crippen LogP contribution < -0.4 is 5.32 Å². The molecular formula is C15H24N4O. The number of nitrogens with one attached hydrogen (secondary N) is 2. The first-order valence-corrected chi connectivity index (χ1v) is 7.78. The van der Waals surface area contributed by atoms with E-state index in [-0.39, 0.29) is 5.91 Å². The molecule has 1 aromatic rings. The van der Waals surface area contributed by atoms with Crippen molar-refractivity contribution in [3.05, 3.63) is 17.0 Å². The van der Waals surface area contributed by atoms with Gasteiger partial charge in [0.1, 0.15) is 0 Å². The Bertz CT molecular complexity index is 476. The molecule has 1 aromatic heterocycles. The van der Waals surface area contributed by atoms with E-state index < -0.39 is 0 Å². The molecule has 3 rings (SSSR count). The van der Waals surface area contributed by atoms with Crippen molar-refractivity contribution in [3.63, 3.8) is 0 Å². The van der Waals surface area contributed by atoms with Gasteiger partial charge in [0.05, 0.1) is 0 Å². The quantitative estimate of drug-likeness (QED) is 0.883. The lowest BCUT2D eigenvalue weighted by atomic mass is 9.89. The molecule has 2 aliphatic rings. The van der Waals surface area contributed by atoms with Gasteiger partial charge in [-0.05, 0) is 18.8 Å². The number of carbonyl (C=O) groups is 1. The number of nitrogens with zero attached hydrogens (tertiary/aromatic N) is 2. The lowest BCUT2D eigenvalue weighted by molar-refractivity contribution is 0.0753. The van der Waals surface area contributed by atoms with E-state index in [1.807, 2.05) is 11.9 Å². The lowest BCUT2D eigenvalue weighted by Gasteiger charge is -2.27. The highest BCUT2D eigenvalue weighted by molar-refractivity contribution is 5.93. The summed E-state index contributed by atoms with van der Waals surface area (Å²) in [5.74, 6) is 0.738. The first-order valence-electron chi connectivity index (χ1n) is 7.78. The lowest BCUT2D eigenvalue weighted by Crippen LogP contribution is -2.34. The van der Waals surface area contributed by atoms with Crippen LogP contribution in [0.4, 0.5) is 0 Å². The summed E-state index contributed by atoms with van der Waals surface area (Å²) in [6.07, 6.45) is 7.44. The van der Waals surface area contributed by atoms with Crippen LogP contribution in [0, 0.1) is 5.92 Å². The molecule has 0 unspecified atom stereocenters. The molecule has 1 aliphatic carbocycles. The minimum absolute atomic E-state index is 0.0665. The van der Waals surface area contributed by atoms with Gasteiger partial charge in [-0.3, -0.25) is 9.89 Å². The standard InChI is InChI=1S/C15H24N4O/c1-19(10-11-5-3-2-4-6-11)15(20)14-12-9-16-8-7-13(12)17-18-14/h11,16H,2-10H2,1H3,(H,17,18). The highest BCUT2D eigenvalue weighted by atomic mass is 16.2. The molecule has 110 valence electrons. The number of fused-ring (bicyclic) bond motifs is 1. The third kappa shape index (κ3) is 2.73. The summed E-state index contributed by atoms with van der Waals surface area (Å²) >= 11 is 0. The summed E-state index contributed by atoms with van der Waals surface area (Å²) in [6, 6.07) is 0. The highest BCUT2D eigenvalue weighted by Gasteiger charge is 2.25. The normalized spacial score (nSPS) is 19.6. The number of H-pyrrole nitrogens is 1. The Labute approximate surface area is 120 Å². The first kappa shape index (κ1) is 13.6. The van der Waals surface area contributed by atoms with Crippen molar-refractivity contribution in [2.75, 3.05) is 20.1 Å². The number of carbonyl (C=O) groups excluding carboxylic acids is 1. The molecule has 0 atom stereocenters. The van der Waals surface area contributed by atoms with Crippen LogP contribution in [0.2, 0.25) is 0 Å². The van der Waals surface area contributed by atoms with Gasteiger partial charge in [0.2, 0.25) is 0 Å². The molecular weight excluding hydrogens is 252 g/mol. The van der Waals surface area contributed by atoms with Crippen LogP contribution in [0.15, 0.2) is 0 Å². The summed E-state index contributed by atoms with van der Waals surface area (Å²) in [6.45, 7) is 2.58. The topological polar surface area (TPSA) is 61.0 Å². The molecule has 2 heterocycles. The molecule has 5 nitrogen and oxygen atoms in total. The van der Waals surface area contributed by atoms with Crippen molar-refractivity contribution in [1.82, 2.24) is 20.4 Å². The summed E-state index contributed by atoms with van der Waals surface area (Å²) in [4.78, 5) is 14.4. The second-order valence-corrected chi connectivity index (χ2v) is 6.15. The number of amides is 1. The van der Waals surface area contributed by atoms with Crippen molar-refractivity contribution < 1.29 is 4.79 Å². The van der Waals surface area contributed by atoms with Crippen molar-refractivity contribution in [2.24, 2.45) is 5.92 Å². The fraction of sp³-hybridized carbons (Fsp3) is 0.733. The maximum atomic E-state index is 12.6. The third-order valence-electron chi connectivity index (χ3n) is 4.61. The molecule has 5 heteroatoms. The van der Waals surface area contributed by atoms with Crippen LogP contribution in [-0.2, 0) is 13.0 Å². The Morgan fingerprint density at radius 2 is 2.15 bits per heavy atom. The van der Waals surface area contributed by atoms with E-state index in [2.05, 4.69) is 15.5 Å². The van der Waals surface area contributed by atoms with E-state index >= 15 is 0 Å². The maximum absolute atomic E-state index is 12.6.